The summed E-state index contributed by atoms with van der Waals surface area (Å²) in [5.41, 5.74) is 11.4. The zero-order chi connectivity index (χ0) is 17.0. The molecule has 0 spiro atoms. The van der Waals surface area contributed by atoms with Crippen LogP contribution in [0.3, 0.4) is 0 Å². The van der Waals surface area contributed by atoms with Crippen molar-refractivity contribution in [2.45, 2.75) is 0 Å². The third kappa shape index (κ3) is 10.2. The van der Waals surface area contributed by atoms with Crippen LogP contribution in [-0.4, -0.2) is 24.3 Å². The highest BCUT2D eigenvalue weighted by Gasteiger charge is 1.95. The molecule has 22 heavy (non-hydrogen) atoms. The maximum Gasteiger partial charge on any atom is 0.192 e. The summed E-state index contributed by atoms with van der Waals surface area (Å²) in [6, 6.07) is 17.3. The molecule has 2 N–H and O–H groups in total. The van der Waals surface area contributed by atoms with Crippen molar-refractivity contribution >= 4 is 34.3 Å². The first-order chi connectivity index (χ1) is 10.4. The lowest BCUT2D eigenvalue weighted by Gasteiger charge is -2.06. The minimum Gasteiger partial charge on any atom is -0.759 e. The molecule has 0 saturated heterocycles. The standard InChI is InChI=1S/C12H11N3.CH2O.H2O4S/c13-15-12-8-6-11(7-9-12)14-10-4-2-1-3-5-10;1-2;1-5(2,3)4/h1-9,14-15H;1H2;(H2,1,2,3,4)/p-2. The molecule has 0 heterocycles. The van der Waals surface area contributed by atoms with Crippen molar-refractivity contribution in [3.8, 4) is 0 Å². The normalized spacial score (nSPS) is 9.36. The molecule has 0 bridgehead atoms. The number of hydrogen-bond acceptors (Lipinski definition) is 6. The van der Waals surface area contributed by atoms with Gasteiger partial charge in [0.25, 0.3) is 0 Å². The van der Waals surface area contributed by atoms with Gasteiger partial charge in [-0.3, -0.25) is 13.5 Å². The van der Waals surface area contributed by atoms with Gasteiger partial charge in [0, 0.05) is 33.9 Å². The molecule has 0 radical (unpaired) electrons. The lowest BCUT2D eigenvalue weighted by Crippen LogP contribution is -2.54. The lowest BCUT2D eigenvalue weighted by atomic mass is 10.2. The Hall–Kier alpha value is -2.62. The Labute approximate surface area is 127 Å². The van der Waals surface area contributed by atoms with Crippen LogP contribution in [-0.2, 0) is 15.2 Å². The van der Waals surface area contributed by atoms with E-state index in [1.165, 1.54) is 0 Å². The maximum atomic E-state index is 8.65. The number of hydrogen-bond donors (Lipinski definition) is 2. The molecule has 0 atom stereocenters. The second-order valence-corrected chi connectivity index (χ2v) is 4.40. The highest BCUT2D eigenvalue weighted by atomic mass is 32.3. The minimum atomic E-state index is -5.17. The van der Waals surface area contributed by atoms with Crippen molar-refractivity contribution in [3.63, 3.8) is 0 Å². The topological polar surface area (TPSA) is 146 Å². The largest absolute Gasteiger partial charge is 0.759 e. The van der Waals surface area contributed by atoms with E-state index in [2.05, 4.69) is 10.4 Å². The fraction of sp³-hybridized carbons (Fsp3) is 0. The number of carbonyl (C=O) groups excluding carboxylic acids is 1. The smallest absolute Gasteiger partial charge is 0.192 e. The van der Waals surface area contributed by atoms with Crippen molar-refractivity contribution in [2.75, 3.05) is 5.32 Å². The molecule has 0 aromatic heterocycles. The molecule has 2 aromatic carbocycles. The van der Waals surface area contributed by atoms with Crippen molar-refractivity contribution in [3.05, 3.63) is 60.1 Å². The molecule has 0 amide bonds. The summed E-state index contributed by atoms with van der Waals surface area (Å²) in [4.78, 5) is 8.00. The van der Waals surface area contributed by atoms with Crippen LogP contribution in [0.1, 0.15) is 0 Å². The van der Waals surface area contributed by atoms with Crippen molar-refractivity contribution in [1.29, 1.82) is 0 Å². The maximum absolute atomic E-state index is 8.65. The lowest BCUT2D eigenvalue weighted by molar-refractivity contribution is -0.379. The molecule has 0 aliphatic rings. The highest BCUT2D eigenvalue weighted by Crippen LogP contribution is 2.16. The minimum absolute atomic E-state index is 0.675. The van der Waals surface area contributed by atoms with E-state index < -0.39 is 10.4 Å². The quantitative estimate of drug-likeness (QED) is 0.481. The number of carbonyl (C=O) groups is 1. The van der Waals surface area contributed by atoms with E-state index in [-0.39, 0.29) is 0 Å². The monoisotopic (exact) mass is 323 g/mol. The van der Waals surface area contributed by atoms with Crippen LogP contribution in [0.15, 0.2) is 54.6 Å². The first kappa shape index (κ1) is 19.4. The molecular formula is C13H13N3O5S-2. The Morgan fingerprint density at radius 2 is 1.32 bits per heavy atom. The van der Waals surface area contributed by atoms with E-state index in [1.807, 2.05) is 49.3 Å². The van der Waals surface area contributed by atoms with Gasteiger partial charge < -0.3 is 24.7 Å². The van der Waals surface area contributed by atoms with Gasteiger partial charge in [0.1, 0.15) is 6.79 Å². The number of nitrogens with zero attached hydrogens (tertiary/aromatic N) is 1. The number of anilines is 2. The van der Waals surface area contributed by atoms with E-state index in [1.54, 1.807) is 12.1 Å². The van der Waals surface area contributed by atoms with E-state index in [0.29, 0.717) is 5.69 Å². The van der Waals surface area contributed by atoms with E-state index in [9.17, 15) is 0 Å². The molecular weight excluding hydrogens is 310 g/mol. The van der Waals surface area contributed by atoms with E-state index in [0.717, 1.165) is 11.4 Å². The van der Waals surface area contributed by atoms with E-state index in [4.69, 9.17) is 27.8 Å². The average molecular weight is 323 g/mol. The summed E-state index contributed by atoms with van der Waals surface area (Å²) in [5, 5.41) is 5.34. The fourth-order valence-corrected chi connectivity index (χ4v) is 1.32. The van der Waals surface area contributed by atoms with Gasteiger partial charge in [0.05, 0.1) is 0 Å². The number of rotatable bonds is 3. The van der Waals surface area contributed by atoms with Crippen LogP contribution in [0.4, 0.5) is 17.1 Å². The first-order valence-corrected chi connectivity index (χ1v) is 6.99. The predicted molar refractivity (Wildman–Crippen MR) is 77.7 cm³/mol. The highest BCUT2D eigenvalue weighted by molar-refractivity contribution is 7.79. The predicted octanol–water partition coefficient (Wildman–Crippen LogP) is 0.641. The third-order valence-electron chi connectivity index (χ3n) is 2.08. The average Bonchev–Trinajstić information content (AvgIpc) is 2.49. The van der Waals surface area contributed by atoms with Gasteiger partial charge in [0.15, 0.2) is 5.69 Å². The summed E-state index contributed by atoms with van der Waals surface area (Å²) >= 11 is 0. The van der Waals surface area contributed by atoms with Gasteiger partial charge in [-0.2, -0.15) is 0 Å². The molecule has 2 rings (SSSR count). The Morgan fingerprint density at radius 3 is 1.73 bits per heavy atom. The molecule has 9 heteroatoms. The Kier molecular flexibility index (Phi) is 8.95. The summed E-state index contributed by atoms with van der Waals surface area (Å²) in [7, 11) is -5.17. The molecule has 0 aliphatic carbocycles. The molecule has 0 saturated carbocycles. The SMILES string of the molecule is C=O.O=S(=O)([O-])[O-].[N-]=[NH+]c1ccc(Nc2ccccc2)cc1. The summed E-state index contributed by atoms with van der Waals surface area (Å²) in [5.74, 6) is 0. The molecule has 0 aliphatic heterocycles. The van der Waals surface area contributed by atoms with Gasteiger partial charge in [-0.15, -0.1) is 0 Å². The summed E-state index contributed by atoms with van der Waals surface area (Å²) in [6.07, 6.45) is 0. The van der Waals surface area contributed by atoms with Crippen LogP contribution in [0, 0.1) is 0 Å². The van der Waals surface area contributed by atoms with Crippen molar-refractivity contribution in [2.24, 2.45) is 0 Å². The fourth-order valence-electron chi connectivity index (χ4n) is 1.32. The second kappa shape index (κ2) is 10.2. The second-order valence-electron chi connectivity index (χ2n) is 3.59. The van der Waals surface area contributed by atoms with Gasteiger partial charge in [-0.05, 0) is 24.3 Å². The van der Waals surface area contributed by atoms with E-state index >= 15 is 0 Å². The van der Waals surface area contributed by atoms with Crippen LogP contribution >= 0.6 is 0 Å². The Bertz CT molecular complexity index is 652. The Morgan fingerprint density at radius 1 is 0.909 bits per heavy atom. The van der Waals surface area contributed by atoms with Crippen molar-refractivity contribution in [1.82, 2.24) is 0 Å². The van der Waals surface area contributed by atoms with Crippen LogP contribution in [0.2, 0.25) is 0 Å². The van der Waals surface area contributed by atoms with Crippen LogP contribution < -0.4 is 10.4 Å². The number of para-hydroxylation sites is 1. The first-order valence-electron chi connectivity index (χ1n) is 5.66. The summed E-state index contributed by atoms with van der Waals surface area (Å²) < 4.78 is 34.1. The number of benzene rings is 2. The zero-order valence-corrected chi connectivity index (χ0v) is 12.1. The van der Waals surface area contributed by atoms with Crippen molar-refractivity contribution < 1.29 is 27.4 Å². The van der Waals surface area contributed by atoms with Gasteiger partial charge >= 0.3 is 0 Å². The van der Waals surface area contributed by atoms with Gasteiger partial charge in [-0.1, -0.05) is 18.2 Å². The number of nitrogens with one attached hydrogen (secondary N) is 2. The molecule has 2 aromatic rings. The molecule has 0 unspecified atom stereocenters. The third-order valence-corrected chi connectivity index (χ3v) is 2.08. The van der Waals surface area contributed by atoms with Crippen LogP contribution in [0.25, 0.3) is 5.53 Å². The Balaban J connectivity index is 0.000000540. The van der Waals surface area contributed by atoms with Gasteiger partial charge in [0.2, 0.25) is 0 Å². The van der Waals surface area contributed by atoms with Crippen LogP contribution in [0.5, 0.6) is 0 Å². The molecule has 8 nitrogen and oxygen atoms in total. The zero-order valence-electron chi connectivity index (χ0n) is 11.3. The molecule has 118 valence electrons. The summed E-state index contributed by atoms with van der Waals surface area (Å²) in [6.45, 7) is 2.00. The van der Waals surface area contributed by atoms with Gasteiger partial charge in [-0.25, -0.2) is 0 Å². The molecule has 0 fully saturated rings.